The van der Waals surface area contributed by atoms with Gasteiger partial charge >= 0.3 is 0 Å². The van der Waals surface area contributed by atoms with E-state index in [4.69, 9.17) is 9.47 Å². The van der Waals surface area contributed by atoms with Crippen molar-refractivity contribution in [1.29, 1.82) is 0 Å². The lowest BCUT2D eigenvalue weighted by Gasteiger charge is -2.36. The van der Waals surface area contributed by atoms with Crippen molar-refractivity contribution in [2.24, 2.45) is 10.8 Å². The topological polar surface area (TPSA) is 18.5 Å². The maximum atomic E-state index is 5.94. The molecule has 27 heavy (non-hydrogen) atoms. The Balaban J connectivity index is 1.98. The van der Waals surface area contributed by atoms with Crippen molar-refractivity contribution in [2.45, 2.75) is 73.7 Å². The molecule has 0 fully saturated rings. The van der Waals surface area contributed by atoms with E-state index in [0.717, 1.165) is 17.7 Å². The van der Waals surface area contributed by atoms with E-state index in [1.165, 1.54) is 5.56 Å². The summed E-state index contributed by atoms with van der Waals surface area (Å²) >= 11 is 0. The van der Waals surface area contributed by atoms with Gasteiger partial charge in [0.2, 0.25) is 0 Å². The second-order valence-electron chi connectivity index (χ2n) is 9.73. The predicted octanol–water partition coefficient (Wildman–Crippen LogP) is 7.19. The molecule has 0 aromatic heterocycles. The van der Waals surface area contributed by atoms with Gasteiger partial charge in [0.25, 0.3) is 0 Å². The van der Waals surface area contributed by atoms with Crippen molar-refractivity contribution in [3.63, 3.8) is 0 Å². The van der Waals surface area contributed by atoms with E-state index in [2.05, 4.69) is 77.9 Å². The van der Waals surface area contributed by atoms with Crippen LogP contribution in [0, 0.1) is 10.8 Å². The molecule has 0 saturated heterocycles. The summed E-state index contributed by atoms with van der Waals surface area (Å²) < 4.78 is 11.7. The normalized spacial score (nSPS) is 14.6. The van der Waals surface area contributed by atoms with Crippen LogP contribution < -0.4 is 4.74 Å². The Kier molecular flexibility index (Phi) is 7.11. The maximum Gasteiger partial charge on any atom is 0.197 e. The zero-order chi connectivity index (χ0) is 20.1. The Labute approximate surface area is 165 Å². The Bertz CT molecular complexity index is 675. The monoisotopic (exact) mass is 368 g/mol. The maximum absolute atomic E-state index is 5.94. The van der Waals surface area contributed by atoms with Gasteiger partial charge in [-0.1, -0.05) is 84.0 Å². The van der Waals surface area contributed by atoms with Gasteiger partial charge in [-0.2, -0.15) is 0 Å². The van der Waals surface area contributed by atoms with Gasteiger partial charge in [0.05, 0.1) is 6.61 Å². The average Bonchev–Trinajstić information content (AvgIpc) is 2.58. The van der Waals surface area contributed by atoms with E-state index in [-0.39, 0.29) is 11.7 Å². The summed E-state index contributed by atoms with van der Waals surface area (Å²) in [5.41, 5.74) is 3.05. The summed E-state index contributed by atoms with van der Waals surface area (Å²) in [6.07, 6.45) is 0.872. The minimum absolute atomic E-state index is 0.224. The Morgan fingerprint density at radius 1 is 0.815 bits per heavy atom. The standard InChI is InChI=1S/C25H36O2/c1-19(26-18-20-11-9-8-10-12-20)27-22-15-13-21(14-16-22)23(25(5,6)7)17-24(2,3)4/h8-16,19,23H,17-18H2,1-7H3. The van der Waals surface area contributed by atoms with E-state index >= 15 is 0 Å². The van der Waals surface area contributed by atoms with Crippen molar-refractivity contribution in [3.8, 4) is 5.75 Å². The fourth-order valence-corrected chi connectivity index (χ4v) is 3.33. The number of rotatable bonds is 7. The van der Waals surface area contributed by atoms with Gasteiger partial charge in [0.15, 0.2) is 6.29 Å². The fourth-order valence-electron chi connectivity index (χ4n) is 3.33. The lowest BCUT2D eigenvalue weighted by molar-refractivity contribution is -0.0759. The SMILES string of the molecule is CC(OCc1ccccc1)Oc1ccc(C(CC(C)(C)C)C(C)(C)C)cc1. The molecular weight excluding hydrogens is 332 g/mol. The van der Waals surface area contributed by atoms with Gasteiger partial charge < -0.3 is 9.47 Å². The molecule has 0 aliphatic heterocycles. The van der Waals surface area contributed by atoms with E-state index < -0.39 is 0 Å². The van der Waals surface area contributed by atoms with Crippen molar-refractivity contribution in [3.05, 3.63) is 65.7 Å². The lowest BCUT2D eigenvalue weighted by atomic mass is 9.69. The summed E-state index contributed by atoms with van der Waals surface area (Å²) in [4.78, 5) is 0. The lowest BCUT2D eigenvalue weighted by Crippen LogP contribution is -2.23. The predicted molar refractivity (Wildman–Crippen MR) is 114 cm³/mol. The molecule has 0 aliphatic rings. The molecule has 0 spiro atoms. The van der Waals surface area contributed by atoms with Gasteiger partial charge in [-0.25, -0.2) is 0 Å². The number of hydrogen-bond acceptors (Lipinski definition) is 2. The zero-order valence-electron chi connectivity index (χ0n) is 18.1. The van der Waals surface area contributed by atoms with Crippen LogP contribution in [0.3, 0.4) is 0 Å². The molecule has 0 saturated carbocycles. The van der Waals surface area contributed by atoms with Gasteiger partial charge in [0.1, 0.15) is 5.75 Å². The third-order valence-corrected chi connectivity index (χ3v) is 4.77. The molecular formula is C25H36O2. The van der Waals surface area contributed by atoms with Crippen LogP contribution in [0.1, 0.15) is 71.9 Å². The highest BCUT2D eigenvalue weighted by Crippen LogP contribution is 2.43. The van der Waals surface area contributed by atoms with Crippen molar-refractivity contribution >= 4 is 0 Å². The molecule has 2 aromatic rings. The number of benzene rings is 2. The van der Waals surface area contributed by atoms with Crippen LogP contribution >= 0.6 is 0 Å². The minimum atomic E-state index is -0.288. The second kappa shape index (κ2) is 8.93. The van der Waals surface area contributed by atoms with E-state index in [1.807, 2.05) is 25.1 Å². The highest BCUT2D eigenvalue weighted by molar-refractivity contribution is 5.30. The Hall–Kier alpha value is -1.80. The van der Waals surface area contributed by atoms with Crippen LogP contribution in [0.25, 0.3) is 0 Å². The fraction of sp³-hybridized carbons (Fsp3) is 0.520. The first-order valence-electron chi connectivity index (χ1n) is 9.97. The van der Waals surface area contributed by atoms with Crippen LogP contribution in [0.5, 0.6) is 5.75 Å². The largest absolute Gasteiger partial charge is 0.465 e. The Morgan fingerprint density at radius 2 is 1.41 bits per heavy atom. The Morgan fingerprint density at radius 3 is 1.93 bits per heavy atom. The molecule has 2 heteroatoms. The molecule has 0 N–H and O–H groups in total. The molecule has 0 radical (unpaired) electrons. The number of hydrogen-bond donors (Lipinski definition) is 0. The third-order valence-electron chi connectivity index (χ3n) is 4.77. The first-order chi connectivity index (χ1) is 12.5. The first-order valence-corrected chi connectivity index (χ1v) is 9.97. The molecule has 2 aromatic carbocycles. The molecule has 0 amide bonds. The average molecular weight is 369 g/mol. The van der Waals surface area contributed by atoms with Crippen LogP contribution in [0.4, 0.5) is 0 Å². The van der Waals surface area contributed by atoms with Crippen LogP contribution in [-0.2, 0) is 11.3 Å². The quantitative estimate of drug-likeness (QED) is 0.481. The highest BCUT2D eigenvalue weighted by Gasteiger charge is 2.30. The molecule has 2 unspecified atom stereocenters. The first kappa shape index (κ1) is 21.5. The molecule has 0 bridgehead atoms. The van der Waals surface area contributed by atoms with E-state index in [0.29, 0.717) is 17.9 Å². The van der Waals surface area contributed by atoms with Crippen LogP contribution in [0.2, 0.25) is 0 Å². The van der Waals surface area contributed by atoms with E-state index in [9.17, 15) is 0 Å². The molecule has 2 atom stereocenters. The molecule has 2 rings (SSSR count). The molecule has 2 nitrogen and oxygen atoms in total. The van der Waals surface area contributed by atoms with Gasteiger partial charge in [0, 0.05) is 0 Å². The summed E-state index contributed by atoms with van der Waals surface area (Å²) in [6, 6.07) is 18.7. The van der Waals surface area contributed by atoms with Crippen molar-refractivity contribution in [2.75, 3.05) is 0 Å². The second-order valence-corrected chi connectivity index (χ2v) is 9.73. The molecule has 148 valence electrons. The van der Waals surface area contributed by atoms with Gasteiger partial charge in [-0.15, -0.1) is 0 Å². The minimum Gasteiger partial charge on any atom is -0.465 e. The molecule has 0 aliphatic carbocycles. The van der Waals surface area contributed by atoms with Crippen LogP contribution in [0.15, 0.2) is 54.6 Å². The highest BCUT2D eigenvalue weighted by atomic mass is 16.7. The van der Waals surface area contributed by atoms with Crippen molar-refractivity contribution < 1.29 is 9.47 Å². The zero-order valence-corrected chi connectivity index (χ0v) is 18.1. The van der Waals surface area contributed by atoms with Gasteiger partial charge in [-0.05, 0) is 53.4 Å². The third kappa shape index (κ3) is 7.38. The van der Waals surface area contributed by atoms with E-state index in [1.54, 1.807) is 0 Å². The van der Waals surface area contributed by atoms with Gasteiger partial charge in [-0.3, -0.25) is 0 Å². The van der Waals surface area contributed by atoms with Crippen LogP contribution in [-0.4, -0.2) is 6.29 Å². The summed E-state index contributed by atoms with van der Waals surface area (Å²) in [5, 5.41) is 0. The van der Waals surface area contributed by atoms with Crippen molar-refractivity contribution in [1.82, 2.24) is 0 Å². The molecule has 0 heterocycles. The summed E-state index contributed by atoms with van der Waals surface area (Å²) in [6.45, 7) is 16.4. The number of ether oxygens (including phenoxy) is 2. The summed E-state index contributed by atoms with van der Waals surface area (Å²) in [7, 11) is 0. The summed E-state index contributed by atoms with van der Waals surface area (Å²) in [5.74, 6) is 1.36. The smallest absolute Gasteiger partial charge is 0.197 e.